The third-order valence-electron chi connectivity index (χ3n) is 3.70. The first-order valence-electron chi connectivity index (χ1n) is 6.52. The van der Waals surface area contributed by atoms with Gasteiger partial charge in [0.25, 0.3) is 0 Å². The molecule has 0 aromatic carbocycles. The first-order chi connectivity index (χ1) is 8.20. The van der Waals surface area contributed by atoms with Crippen molar-refractivity contribution >= 4 is 0 Å². The third kappa shape index (κ3) is 3.51. The minimum absolute atomic E-state index is 0.478. The predicted molar refractivity (Wildman–Crippen MR) is 68.7 cm³/mol. The van der Waals surface area contributed by atoms with Crippen LogP contribution in [0, 0.1) is 6.92 Å². The van der Waals surface area contributed by atoms with E-state index in [0.29, 0.717) is 6.54 Å². The van der Waals surface area contributed by atoms with Crippen molar-refractivity contribution in [3.63, 3.8) is 0 Å². The van der Waals surface area contributed by atoms with E-state index in [0.717, 1.165) is 32.2 Å². The summed E-state index contributed by atoms with van der Waals surface area (Å²) in [4.78, 5) is 4.13. The number of rotatable bonds is 4. The highest BCUT2D eigenvalue weighted by molar-refractivity contribution is 5.21. The van der Waals surface area contributed by atoms with E-state index in [2.05, 4.69) is 17.2 Å². The van der Waals surface area contributed by atoms with Gasteiger partial charge in [-0.25, -0.2) is 0 Å². The maximum absolute atomic E-state index is 10.3. The van der Waals surface area contributed by atoms with Crippen LogP contribution >= 0.6 is 0 Å². The highest BCUT2D eigenvalue weighted by Gasteiger charge is 2.28. The van der Waals surface area contributed by atoms with Crippen LogP contribution in [0.15, 0.2) is 18.5 Å². The zero-order valence-electron chi connectivity index (χ0n) is 10.6. The van der Waals surface area contributed by atoms with Gasteiger partial charge in [-0.3, -0.25) is 4.98 Å². The van der Waals surface area contributed by atoms with Crippen LogP contribution in [0.4, 0.5) is 0 Å². The number of aromatic nitrogens is 1. The van der Waals surface area contributed by atoms with Crippen LogP contribution in [0.2, 0.25) is 0 Å². The maximum atomic E-state index is 10.3. The summed E-state index contributed by atoms with van der Waals surface area (Å²) in [6.45, 7) is 3.58. The average molecular weight is 234 g/mol. The molecule has 0 bridgehead atoms. The summed E-state index contributed by atoms with van der Waals surface area (Å²) in [7, 11) is 0. The molecule has 1 aliphatic carbocycles. The van der Waals surface area contributed by atoms with Gasteiger partial charge in [0, 0.05) is 25.5 Å². The zero-order valence-corrected chi connectivity index (χ0v) is 10.6. The van der Waals surface area contributed by atoms with Gasteiger partial charge in [0.05, 0.1) is 5.60 Å². The van der Waals surface area contributed by atoms with Crippen LogP contribution in [0.5, 0.6) is 0 Å². The Morgan fingerprint density at radius 1 is 1.35 bits per heavy atom. The van der Waals surface area contributed by atoms with Crippen molar-refractivity contribution < 1.29 is 5.11 Å². The van der Waals surface area contributed by atoms with Crippen molar-refractivity contribution in [2.45, 2.75) is 51.2 Å². The van der Waals surface area contributed by atoms with E-state index >= 15 is 0 Å². The molecule has 0 atom stereocenters. The van der Waals surface area contributed by atoms with E-state index < -0.39 is 5.60 Å². The highest BCUT2D eigenvalue weighted by Crippen LogP contribution is 2.27. The Bertz CT molecular complexity index is 359. The molecule has 1 aromatic rings. The lowest BCUT2D eigenvalue weighted by Crippen LogP contribution is -2.41. The van der Waals surface area contributed by atoms with Gasteiger partial charge >= 0.3 is 0 Å². The van der Waals surface area contributed by atoms with Gasteiger partial charge in [-0.05, 0) is 37.0 Å². The Morgan fingerprint density at radius 3 is 2.82 bits per heavy atom. The first-order valence-corrected chi connectivity index (χ1v) is 6.52. The molecule has 1 aliphatic rings. The molecule has 2 N–H and O–H groups in total. The summed E-state index contributed by atoms with van der Waals surface area (Å²) in [6.07, 6.45) is 9.16. The van der Waals surface area contributed by atoms with E-state index in [1.165, 1.54) is 17.5 Å². The van der Waals surface area contributed by atoms with E-state index in [-0.39, 0.29) is 0 Å². The van der Waals surface area contributed by atoms with Crippen molar-refractivity contribution in [2.24, 2.45) is 0 Å². The number of pyridine rings is 1. The Morgan fingerprint density at radius 2 is 2.12 bits per heavy atom. The van der Waals surface area contributed by atoms with Crippen LogP contribution < -0.4 is 5.32 Å². The molecule has 0 amide bonds. The number of aryl methyl sites for hydroxylation is 1. The lowest BCUT2D eigenvalue weighted by atomic mass is 9.85. The summed E-state index contributed by atoms with van der Waals surface area (Å²) >= 11 is 0. The molecule has 0 spiro atoms. The van der Waals surface area contributed by atoms with E-state index in [4.69, 9.17) is 0 Å². The minimum Gasteiger partial charge on any atom is -0.389 e. The SMILES string of the molecule is Cc1ccncc1CNCC1(O)CCCCC1. The molecule has 0 aliphatic heterocycles. The lowest BCUT2D eigenvalue weighted by molar-refractivity contribution is 0.00466. The van der Waals surface area contributed by atoms with Gasteiger partial charge in [0.2, 0.25) is 0 Å². The molecule has 3 heteroatoms. The van der Waals surface area contributed by atoms with Crippen molar-refractivity contribution in [3.05, 3.63) is 29.6 Å². The molecule has 3 nitrogen and oxygen atoms in total. The number of hydrogen-bond acceptors (Lipinski definition) is 3. The number of aliphatic hydroxyl groups is 1. The second-order valence-electron chi connectivity index (χ2n) is 5.19. The normalized spacial score (nSPS) is 19.2. The van der Waals surface area contributed by atoms with Gasteiger partial charge < -0.3 is 10.4 Å². The summed E-state index contributed by atoms with van der Waals surface area (Å²) < 4.78 is 0. The topological polar surface area (TPSA) is 45.2 Å². The number of nitrogens with one attached hydrogen (secondary N) is 1. The van der Waals surface area contributed by atoms with Crippen LogP contribution in [-0.2, 0) is 6.54 Å². The standard InChI is InChI=1S/C14H22N2O/c1-12-5-8-15-9-13(12)10-16-11-14(17)6-3-2-4-7-14/h5,8-9,16-17H,2-4,6-7,10-11H2,1H3. The lowest BCUT2D eigenvalue weighted by Gasteiger charge is -2.32. The fraction of sp³-hybridized carbons (Fsp3) is 0.643. The van der Waals surface area contributed by atoms with E-state index in [9.17, 15) is 5.11 Å². The highest BCUT2D eigenvalue weighted by atomic mass is 16.3. The van der Waals surface area contributed by atoms with Crippen LogP contribution in [-0.4, -0.2) is 22.2 Å². The molecule has 0 unspecified atom stereocenters. The molecule has 0 radical (unpaired) electrons. The quantitative estimate of drug-likeness (QED) is 0.839. The van der Waals surface area contributed by atoms with E-state index in [1.807, 2.05) is 18.5 Å². The van der Waals surface area contributed by atoms with Crippen LogP contribution in [0.1, 0.15) is 43.2 Å². The monoisotopic (exact) mass is 234 g/mol. The Labute approximate surface area is 103 Å². The molecular formula is C14H22N2O. The Balaban J connectivity index is 1.81. The van der Waals surface area contributed by atoms with Crippen molar-refractivity contribution in [3.8, 4) is 0 Å². The number of nitrogens with zero attached hydrogens (tertiary/aromatic N) is 1. The third-order valence-corrected chi connectivity index (χ3v) is 3.70. The molecule has 94 valence electrons. The average Bonchev–Trinajstić information content (AvgIpc) is 2.32. The molecule has 1 aromatic heterocycles. The summed E-state index contributed by atoms with van der Waals surface area (Å²) in [5, 5.41) is 13.7. The number of hydrogen-bond donors (Lipinski definition) is 2. The summed E-state index contributed by atoms with van der Waals surface area (Å²) in [5.41, 5.74) is 1.99. The maximum Gasteiger partial charge on any atom is 0.0771 e. The largest absolute Gasteiger partial charge is 0.389 e. The molecule has 1 fully saturated rings. The summed E-state index contributed by atoms with van der Waals surface area (Å²) in [6, 6.07) is 2.02. The molecule has 2 rings (SSSR count). The molecule has 0 saturated heterocycles. The smallest absolute Gasteiger partial charge is 0.0771 e. The second kappa shape index (κ2) is 5.61. The predicted octanol–water partition coefficient (Wildman–Crippen LogP) is 2.17. The van der Waals surface area contributed by atoms with Crippen molar-refractivity contribution in [2.75, 3.05) is 6.54 Å². The fourth-order valence-electron chi connectivity index (χ4n) is 2.50. The van der Waals surface area contributed by atoms with Crippen molar-refractivity contribution in [1.82, 2.24) is 10.3 Å². The van der Waals surface area contributed by atoms with Gasteiger partial charge in [-0.2, -0.15) is 0 Å². The van der Waals surface area contributed by atoms with E-state index in [1.54, 1.807) is 0 Å². The molecular weight excluding hydrogens is 212 g/mol. The van der Waals surface area contributed by atoms with Gasteiger partial charge in [0.15, 0.2) is 0 Å². The van der Waals surface area contributed by atoms with Gasteiger partial charge in [-0.1, -0.05) is 19.3 Å². The van der Waals surface area contributed by atoms with Crippen LogP contribution in [0.25, 0.3) is 0 Å². The Kier molecular flexibility index (Phi) is 4.13. The first kappa shape index (κ1) is 12.5. The van der Waals surface area contributed by atoms with Crippen molar-refractivity contribution in [1.29, 1.82) is 0 Å². The minimum atomic E-state index is -0.478. The molecule has 1 saturated carbocycles. The van der Waals surface area contributed by atoms with Gasteiger partial charge in [0.1, 0.15) is 0 Å². The fourth-order valence-corrected chi connectivity index (χ4v) is 2.50. The second-order valence-corrected chi connectivity index (χ2v) is 5.19. The van der Waals surface area contributed by atoms with Gasteiger partial charge in [-0.15, -0.1) is 0 Å². The summed E-state index contributed by atoms with van der Waals surface area (Å²) in [5.74, 6) is 0. The van der Waals surface area contributed by atoms with Crippen LogP contribution in [0.3, 0.4) is 0 Å². The molecule has 1 heterocycles. The zero-order chi connectivity index (χ0) is 12.1. The molecule has 17 heavy (non-hydrogen) atoms. The Hall–Kier alpha value is -0.930.